The largest absolute Gasteiger partial charge is 0.449 e. The number of para-hydroxylation sites is 2. The van der Waals surface area contributed by atoms with Gasteiger partial charge in [0, 0.05) is 17.6 Å². The van der Waals surface area contributed by atoms with Gasteiger partial charge in [0.1, 0.15) is 5.03 Å². The van der Waals surface area contributed by atoms with Crippen LogP contribution in [0.2, 0.25) is 0 Å². The number of anilines is 2. The summed E-state index contributed by atoms with van der Waals surface area (Å²) in [6, 6.07) is 21.2. The lowest BCUT2D eigenvalue weighted by atomic mass is 10.2. The lowest BCUT2D eigenvalue weighted by Gasteiger charge is -2.16. The van der Waals surface area contributed by atoms with E-state index < -0.39 is 23.2 Å². The van der Waals surface area contributed by atoms with Crippen molar-refractivity contribution in [3.8, 4) is 0 Å². The average molecular weight is 450 g/mol. The Labute approximate surface area is 190 Å². The molecular formula is C24H23N3O4S. The fraction of sp³-hybridized carbons (Fsp3) is 0.167. The van der Waals surface area contributed by atoms with E-state index in [9.17, 15) is 14.4 Å². The molecule has 164 valence electrons. The van der Waals surface area contributed by atoms with Gasteiger partial charge in [0.2, 0.25) is 5.91 Å². The first-order chi connectivity index (χ1) is 15.4. The number of ether oxygens (including phenoxy) is 1. The van der Waals surface area contributed by atoms with Crippen LogP contribution in [-0.4, -0.2) is 34.1 Å². The molecule has 3 rings (SSSR count). The van der Waals surface area contributed by atoms with Gasteiger partial charge < -0.3 is 15.4 Å². The number of nitrogens with one attached hydrogen (secondary N) is 2. The highest BCUT2D eigenvalue weighted by molar-refractivity contribution is 8.00. The second-order valence-corrected chi connectivity index (χ2v) is 8.20. The van der Waals surface area contributed by atoms with Gasteiger partial charge in [0.25, 0.3) is 5.91 Å². The molecule has 0 radical (unpaired) electrons. The first kappa shape index (κ1) is 23.0. The van der Waals surface area contributed by atoms with Crippen molar-refractivity contribution in [2.24, 2.45) is 0 Å². The third-order valence-corrected chi connectivity index (χ3v) is 5.50. The van der Waals surface area contributed by atoms with Crippen molar-refractivity contribution in [3.63, 3.8) is 0 Å². The van der Waals surface area contributed by atoms with E-state index in [4.69, 9.17) is 4.74 Å². The van der Waals surface area contributed by atoms with Crippen LogP contribution in [0.25, 0.3) is 0 Å². The summed E-state index contributed by atoms with van der Waals surface area (Å²) in [5, 5.41) is 5.35. The first-order valence-corrected chi connectivity index (χ1v) is 10.9. The average Bonchev–Trinajstić information content (AvgIpc) is 2.80. The normalized spacial score (nSPS) is 12.3. The molecule has 0 bridgehead atoms. The maximum atomic E-state index is 12.7. The maximum absolute atomic E-state index is 12.7. The van der Waals surface area contributed by atoms with Crippen molar-refractivity contribution in [1.29, 1.82) is 0 Å². The quantitative estimate of drug-likeness (QED) is 0.391. The van der Waals surface area contributed by atoms with Gasteiger partial charge in [0.05, 0.1) is 10.8 Å². The zero-order chi connectivity index (χ0) is 22.9. The van der Waals surface area contributed by atoms with E-state index in [1.54, 1.807) is 55.5 Å². The number of hydrogen-bond acceptors (Lipinski definition) is 6. The monoisotopic (exact) mass is 449 g/mol. The van der Waals surface area contributed by atoms with E-state index >= 15 is 0 Å². The Morgan fingerprint density at radius 3 is 1.97 bits per heavy atom. The predicted octanol–water partition coefficient (Wildman–Crippen LogP) is 4.38. The number of hydrogen-bond donors (Lipinski definition) is 2. The van der Waals surface area contributed by atoms with Crippen LogP contribution in [-0.2, 0) is 14.3 Å². The number of aromatic nitrogens is 1. The van der Waals surface area contributed by atoms with Crippen molar-refractivity contribution >= 4 is 40.9 Å². The molecule has 2 atom stereocenters. The van der Waals surface area contributed by atoms with Crippen LogP contribution in [0.4, 0.5) is 11.4 Å². The summed E-state index contributed by atoms with van der Waals surface area (Å²) in [6.07, 6.45) is 0.520. The Hall–Kier alpha value is -3.65. The van der Waals surface area contributed by atoms with Crippen molar-refractivity contribution in [1.82, 2.24) is 4.98 Å². The van der Waals surface area contributed by atoms with Crippen LogP contribution in [0.3, 0.4) is 0 Å². The second kappa shape index (κ2) is 11.1. The molecular weight excluding hydrogens is 426 g/mol. The summed E-state index contributed by atoms with van der Waals surface area (Å²) in [7, 11) is 0. The topological polar surface area (TPSA) is 97.4 Å². The molecule has 32 heavy (non-hydrogen) atoms. The Kier molecular flexibility index (Phi) is 7.99. The van der Waals surface area contributed by atoms with Crippen LogP contribution in [0.5, 0.6) is 0 Å². The number of thioether (sulfide) groups is 1. The molecule has 8 heteroatoms. The molecule has 2 aromatic carbocycles. The summed E-state index contributed by atoms with van der Waals surface area (Å²) < 4.78 is 5.34. The molecule has 0 spiro atoms. The molecule has 0 unspecified atom stereocenters. The van der Waals surface area contributed by atoms with Gasteiger partial charge in [-0.2, -0.15) is 0 Å². The SMILES string of the molecule is C[C@H](OC(=O)c1cccnc1S[C@@H](C)C(=O)Nc1ccccc1)C(=O)Nc1ccccc1. The molecule has 1 heterocycles. The Morgan fingerprint density at radius 2 is 1.38 bits per heavy atom. The molecule has 0 saturated heterocycles. The van der Waals surface area contributed by atoms with Crippen molar-refractivity contribution < 1.29 is 19.1 Å². The second-order valence-electron chi connectivity index (χ2n) is 6.87. The van der Waals surface area contributed by atoms with Gasteiger partial charge in [-0.1, -0.05) is 48.2 Å². The number of amides is 2. The van der Waals surface area contributed by atoms with E-state index in [1.165, 1.54) is 13.1 Å². The fourth-order valence-electron chi connectivity index (χ4n) is 2.67. The molecule has 0 saturated carbocycles. The summed E-state index contributed by atoms with van der Waals surface area (Å²) in [5.74, 6) is -1.35. The first-order valence-electron chi connectivity index (χ1n) is 9.98. The zero-order valence-corrected chi connectivity index (χ0v) is 18.5. The highest BCUT2D eigenvalue weighted by Crippen LogP contribution is 2.26. The molecule has 3 aromatic rings. The molecule has 0 aliphatic carbocycles. The lowest BCUT2D eigenvalue weighted by molar-refractivity contribution is -0.123. The minimum Gasteiger partial charge on any atom is -0.449 e. The van der Waals surface area contributed by atoms with Gasteiger partial charge in [-0.05, 0) is 50.2 Å². The number of esters is 1. The summed E-state index contributed by atoms with van der Waals surface area (Å²) >= 11 is 1.14. The Morgan fingerprint density at radius 1 is 0.812 bits per heavy atom. The van der Waals surface area contributed by atoms with Crippen molar-refractivity contribution in [3.05, 3.63) is 84.6 Å². The minimum absolute atomic E-state index is 0.191. The van der Waals surface area contributed by atoms with Crippen LogP contribution in [0.1, 0.15) is 24.2 Å². The van der Waals surface area contributed by atoms with Gasteiger partial charge in [0.15, 0.2) is 6.10 Å². The summed E-state index contributed by atoms with van der Waals surface area (Å²) in [6.45, 7) is 3.22. The van der Waals surface area contributed by atoms with Gasteiger partial charge in [-0.25, -0.2) is 9.78 Å². The Bertz CT molecular complexity index is 1080. The van der Waals surface area contributed by atoms with E-state index in [0.29, 0.717) is 16.4 Å². The molecule has 2 N–H and O–H groups in total. The molecule has 1 aromatic heterocycles. The van der Waals surface area contributed by atoms with Crippen LogP contribution in [0, 0.1) is 0 Å². The van der Waals surface area contributed by atoms with E-state index in [-0.39, 0.29) is 11.5 Å². The minimum atomic E-state index is -1.01. The molecule has 2 amide bonds. The third kappa shape index (κ3) is 6.42. The van der Waals surface area contributed by atoms with Crippen molar-refractivity contribution in [2.45, 2.75) is 30.2 Å². The number of benzene rings is 2. The molecule has 0 fully saturated rings. The fourth-order valence-corrected chi connectivity index (χ4v) is 3.57. The zero-order valence-electron chi connectivity index (χ0n) is 17.6. The molecule has 0 aliphatic heterocycles. The maximum Gasteiger partial charge on any atom is 0.341 e. The van der Waals surface area contributed by atoms with Gasteiger partial charge in [-0.3, -0.25) is 9.59 Å². The van der Waals surface area contributed by atoms with Crippen LogP contribution >= 0.6 is 11.8 Å². The van der Waals surface area contributed by atoms with Crippen molar-refractivity contribution in [2.75, 3.05) is 10.6 Å². The summed E-state index contributed by atoms with van der Waals surface area (Å²) in [5.41, 5.74) is 1.48. The van der Waals surface area contributed by atoms with Crippen LogP contribution < -0.4 is 10.6 Å². The van der Waals surface area contributed by atoms with Crippen LogP contribution in [0.15, 0.2) is 84.0 Å². The smallest absolute Gasteiger partial charge is 0.341 e. The highest BCUT2D eigenvalue weighted by Gasteiger charge is 2.24. The number of pyridine rings is 1. The summed E-state index contributed by atoms with van der Waals surface area (Å²) in [4.78, 5) is 41.8. The number of carbonyl (C=O) groups is 3. The highest BCUT2D eigenvalue weighted by atomic mass is 32.2. The molecule has 0 aliphatic rings. The van der Waals surface area contributed by atoms with Gasteiger partial charge in [-0.15, -0.1) is 0 Å². The predicted molar refractivity (Wildman–Crippen MR) is 125 cm³/mol. The number of carbonyl (C=O) groups excluding carboxylic acids is 3. The number of rotatable bonds is 8. The molecule has 7 nitrogen and oxygen atoms in total. The number of nitrogens with zero attached hydrogens (tertiary/aromatic N) is 1. The Balaban J connectivity index is 1.62. The lowest BCUT2D eigenvalue weighted by Crippen LogP contribution is -2.30. The van der Waals surface area contributed by atoms with E-state index in [1.807, 2.05) is 24.3 Å². The van der Waals surface area contributed by atoms with Gasteiger partial charge >= 0.3 is 5.97 Å². The van der Waals surface area contributed by atoms with E-state index in [2.05, 4.69) is 15.6 Å². The third-order valence-electron chi connectivity index (χ3n) is 4.38. The van der Waals surface area contributed by atoms with E-state index in [0.717, 1.165) is 11.8 Å². The standard InChI is InChI=1S/C24H23N3O4S/c1-16(21(28)26-18-10-5-3-6-11-18)31-24(30)20-14-9-15-25-23(20)32-17(2)22(29)27-19-12-7-4-8-13-19/h3-17H,1-2H3,(H,26,28)(H,27,29)/t16-,17-/m0/s1.